The molecule has 2 rings (SSSR count). The predicted molar refractivity (Wildman–Crippen MR) is 70.3 cm³/mol. The number of hydrogen-bond donors (Lipinski definition) is 1. The van der Waals surface area contributed by atoms with E-state index in [0.29, 0.717) is 18.2 Å². The van der Waals surface area contributed by atoms with E-state index in [1.54, 1.807) is 16.0 Å². The van der Waals surface area contributed by atoms with Crippen LogP contribution in [0.3, 0.4) is 0 Å². The monoisotopic (exact) mass is 251 g/mol. The summed E-state index contributed by atoms with van der Waals surface area (Å²) in [5, 5.41) is 6.41. The van der Waals surface area contributed by atoms with E-state index in [9.17, 15) is 0 Å². The fourth-order valence-corrected chi connectivity index (χ4v) is 2.32. The Morgan fingerprint density at radius 3 is 3.00 bits per heavy atom. The lowest BCUT2D eigenvalue weighted by atomic mass is 10.2. The van der Waals surface area contributed by atoms with Gasteiger partial charge >= 0.3 is 0 Å². The van der Waals surface area contributed by atoms with Crippen molar-refractivity contribution in [2.45, 2.75) is 26.4 Å². The van der Waals surface area contributed by atoms with Crippen LogP contribution >= 0.6 is 11.3 Å². The summed E-state index contributed by atoms with van der Waals surface area (Å²) in [5.74, 6) is 0.668. The lowest BCUT2D eigenvalue weighted by molar-refractivity contribution is 0.283. The average Bonchev–Trinajstić information content (AvgIpc) is 2.88. The first-order chi connectivity index (χ1) is 8.22. The van der Waals surface area contributed by atoms with Crippen LogP contribution in [0.25, 0.3) is 0 Å². The minimum Gasteiger partial charge on any atom is -0.471 e. The number of ether oxygens (including phenoxy) is 1. The molecule has 0 unspecified atom stereocenters. The Balaban J connectivity index is 2.10. The molecular formula is C12H17N3OS. The van der Waals surface area contributed by atoms with E-state index < -0.39 is 0 Å². The summed E-state index contributed by atoms with van der Waals surface area (Å²) < 4.78 is 7.44. The van der Waals surface area contributed by atoms with E-state index in [2.05, 4.69) is 12.0 Å². The molecule has 0 amide bonds. The highest BCUT2D eigenvalue weighted by Gasteiger charge is 2.13. The normalized spacial score (nSPS) is 10.7. The van der Waals surface area contributed by atoms with Crippen molar-refractivity contribution in [2.24, 2.45) is 7.05 Å². The quantitative estimate of drug-likeness (QED) is 0.888. The minimum atomic E-state index is 0.549. The molecule has 0 radical (unpaired) electrons. The van der Waals surface area contributed by atoms with Crippen LogP contribution in [0.15, 0.2) is 17.5 Å². The maximum Gasteiger partial charge on any atom is 0.236 e. The lowest BCUT2D eigenvalue weighted by Gasteiger charge is -2.05. The molecule has 0 atom stereocenters. The maximum absolute atomic E-state index is 6.02. The molecule has 4 nitrogen and oxygen atoms in total. The van der Waals surface area contributed by atoms with Gasteiger partial charge in [0.2, 0.25) is 5.88 Å². The van der Waals surface area contributed by atoms with Gasteiger partial charge in [-0.05, 0) is 17.9 Å². The molecule has 2 N–H and O–H groups in total. The van der Waals surface area contributed by atoms with Crippen molar-refractivity contribution < 1.29 is 4.74 Å². The Hall–Kier alpha value is -1.49. The van der Waals surface area contributed by atoms with Crippen molar-refractivity contribution >= 4 is 17.0 Å². The Labute approximate surface area is 105 Å². The average molecular weight is 251 g/mol. The zero-order valence-electron chi connectivity index (χ0n) is 10.1. The largest absolute Gasteiger partial charge is 0.471 e. The third kappa shape index (κ3) is 2.61. The number of nitrogens with two attached hydrogens (primary N) is 1. The SMILES string of the molecule is CCCc1nn(C)c(OCc2cccs2)c1N. The van der Waals surface area contributed by atoms with Gasteiger partial charge in [0.15, 0.2) is 0 Å². The van der Waals surface area contributed by atoms with E-state index in [-0.39, 0.29) is 0 Å². The minimum absolute atomic E-state index is 0.549. The number of rotatable bonds is 5. The predicted octanol–water partition coefficient (Wildman–Crippen LogP) is 2.60. The molecule has 0 aromatic carbocycles. The molecule has 2 aromatic rings. The summed E-state index contributed by atoms with van der Waals surface area (Å²) in [5.41, 5.74) is 7.62. The van der Waals surface area contributed by atoms with Crippen LogP contribution in [-0.4, -0.2) is 9.78 Å². The van der Waals surface area contributed by atoms with Crippen LogP contribution in [0.5, 0.6) is 5.88 Å². The molecule has 0 aliphatic heterocycles. The van der Waals surface area contributed by atoms with Gasteiger partial charge in [-0.2, -0.15) is 5.10 Å². The van der Waals surface area contributed by atoms with E-state index in [0.717, 1.165) is 18.5 Å². The molecule has 2 aromatic heterocycles. The molecule has 0 fully saturated rings. The number of nitrogen functional groups attached to an aromatic ring is 1. The molecule has 92 valence electrons. The molecule has 2 heterocycles. The highest BCUT2D eigenvalue weighted by atomic mass is 32.1. The van der Waals surface area contributed by atoms with Crippen molar-refractivity contribution in [1.82, 2.24) is 9.78 Å². The molecule has 0 spiro atoms. The van der Waals surface area contributed by atoms with Crippen LogP contribution in [0, 0.1) is 0 Å². The van der Waals surface area contributed by atoms with Crippen molar-refractivity contribution in [1.29, 1.82) is 0 Å². The molecule has 17 heavy (non-hydrogen) atoms. The van der Waals surface area contributed by atoms with Crippen LogP contribution in [0.1, 0.15) is 23.9 Å². The number of aromatic nitrogens is 2. The van der Waals surface area contributed by atoms with Crippen molar-refractivity contribution in [3.8, 4) is 5.88 Å². The van der Waals surface area contributed by atoms with Gasteiger partial charge in [-0.3, -0.25) is 0 Å². The first kappa shape index (κ1) is 12.0. The second-order valence-electron chi connectivity index (χ2n) is 3.91. The summed E-state index contributed by atoms with van der Waals surface area (Å²) in [4.78, 5) is 1.18. The molecule has 5 heteroatoms. The van der Waals surface area contributed by atoms with Crippen LogP contribution in [-0.2, 0) is 20.1 Å². The molecule has 0 aliphatic rings. The van der Waals surface area contributed by atoms with Gasteiger partial charge in [-0.15, -0.1) is 11.3 Å². The summed E-state index contributed by atoms with van der Waals surface area (Å²) >= 11 is 1.68. The van der Waals surface area contributed by atoms with Gasteiger partial charge < -0.3 is 10.5 Å². The molecule has 0 aliphatic carbocycles. The highest BCUT2D eigenvalue weighted by Crippen LogP contribution is 2.26. The third-order valence-corrected chi connectivity index (χ3v) is 3.37. The van der Waals surface area contributed by atoms with Crippen molar-refractivity contribution in [3.05, 3.63) is 28.1 Å². The van der Waals surface area contributed by atoms with Gasteiger partial charge in [0.25, 0.3) is 0 Å². The Morgan fingerprint density at radius 1 is 1.53 bits per heavy atom. The second kappa shape index (κ2) is 5.23. The Morgan fingerprint density at radius 2 is 2.35 bits per heavy atom. The molecule has 0 saturated carbocycles. The maximum atomic E-state index is 6.02. The summed E-state index contributed by atoms with van der Waals surface area (Å²) in [7, 11) is 1.86. The van der Waals surface area contributed by atoms with E-state index in [4.69, 9.17) is 10.5 Å². The smallest absolute Gasteiger partial charge is 0.236 e. The molecule has 0 bridgehead atoms. The van der Waals surface area contributed by atoms with E-state index >= 15 is 0 Å². The van der Waals surface area contributed by atoms with Crippen molar-refractivity contribution in [2.75, 3.05) is 5.73 Å². The fraction of sp³-hybridized carbons (Fsp3) is 0.417. The zero-order chi connectivity index (χ0) is 12.3. The van der Waals surface area contributed by atoms with Gasteiger partial charge in [0.05, 0.1) is 5.69 Å². The van der Waals surface area contributed by atoms with E-state index in [1.165, 1.54) is 4.88 Å². The fourth-order valence-electron chi connectivity index (χ4n) is 1.70. The standard InChI is InChI=1S/C12H17N3OS/c1-3-5-10-11(13)12(15(2)14-10)16-8-9-6-4-7-17-9/h4,6-7H,3,5,8,13H2,1-2H3. The van der Waals surface area contributed by atoms with Crippen LogP contribution in [0.4, 0.5) is 5.69 Å². The topological polar surface area (TPSA) is 53.1 Å². The Bertz CT molecular complexity index is 476. The summed E-state index contributed by atoms with van der Waals surface area (Å²) in [6, 6.07) is 4.06. The van der Waals surface area contributed by atoms with Crippen molar-refractivity contribution in [3.63, 3.8) is 0 Å². The van der Waals surface area contributed by atoms with E-state index in [1.807, 2.05) is 24.6 Å². The van der Waals surface area contributed by atoms with Crippen LogP contribution < -0.4 is 10.5 Å². The first-order valence-electron chi connectivity index (χ1n) is 5.69. The number of aryl methyl sites for hydroxylation is 2. The number of hydrogen-bond acceptors (Lipinski definition) is 4. The lowest BCUT2D eigenvalue weighted by Crippen LogP contribution is -2.01. The Kier molecular flexibility index (Phi) is 3.68. The number of nitrogens with zero attached hydrogens (tertiary/aromatic N) is 2. The summed E-state index contributed by atoms with van der Waals surface area (Å²) in [6.45, 7) is 2.66. The highest BCUT2D eigenvalue weighted by molar-refractivity contribution is 7.09. The number of thiophene rings is 1. The second-order valence-corrected chi connectivity index (χ2v) is 4.94. The van der Waals surface area contributed by atoms with Gasteiger partial charge in [-0.1, -0.05) is 19.4 Å². The number of anilines is 1. The van der Waals surface area contributed by atoms with Gasteiger partial charge in [0, 0.05) is 11.9 Å². The van der Waals surface area contributed by atoms with Gasteiger partial charge in [-0.25, -0.2) is 4.68 Å². The summed E-state index contributed by atoms with van der Waals surface area (Å²) in [6.07, 6.45) is 1.92. The van der Waals surface area contributed by atoms with Crippen LogP contribution in [0.2, 0.25) is 0 Å². The third-order valence-electron chi connectivity index (χ3n) is 2.52. The van der Waals surface area contributed by atoms with Gasteiger partial charge in [0.1, 0.15) is 12.3 Å². The first-order valence-corrected chi connectivity index (χ1v) is 6.56. The molecule has 0 saturated heterocycles. The zero-order valence-corrected chi connectivity index (χ0v) is 11.0. The molecular weight excluding hydrogens is 234 g/mol.